The van der Waals surface area contributed by atoms with E-state index in [1.54, 1.807) is 10.9 Å². The first-order valence-corrected chi connectivity index (χ1v) is 10.7. The average molecular weight is 416 g/mol. The maximum absolute atomic E-state index is 13.6. The van der Waals surface area contributed by atoms with E-state index in [-0.39, 0.29) is 11.9 Å². The maximum Gasteiger partial charge on any atom is 0.260 e. The number of nitrogens with zero attached hydrogens (tertiary/aromatic N) is 4. The number of carbonyl (C=O) groups is 1. The van der Waals surface area contributed by atoms with E-state index in [2.05, 4.69) is 41.9 Å². The first-order valence-electron chi connectivity index (χ1n) is 10.7. The second-order valence-corrected chi connectivity index (χ2v) is 8.65. The summed E-state index contributed by atoms with van der Waals surface area (Å²) in [5.74, 6) is 1.14. The van der Waals surface area contributed by atoms with Crippen molar-refractivity contribution in [3.63, 3.8) is 0 Å². The number of aromatic nitrogens is 4. The fourth-order valence-electron chi connectivity index (χ4n) is 4.19. The highest BCUT2D eigenvalue weighted by atomic mass is 16.2. The molecule has 0 aliphatic carbocycles. The van der Waals surface area contributed by atoms with E-state index in [4.69, 9.17) is 0 Å². The summed E-state index contributed by atoms with van der Waals surface area (Å²) in [5.41, 5.74) is 4.47. The van der Waals surface area contributed by atoms with Gasteiger partial charge in [0.1, 0.15) is 0 Å². The number of H-pyrrole nitrogens is 1. The summed E-state index contributed by atoms with van der Waals surface area (Å²) < 4.78 is 1.79. The van der Waals surface area contributed by atoms with Gasteiger partial charge < -0.3 is 9.88 Å². The van der Waals surface area contributed by atoms with Gasteiger partial charge >= 0.3 is 0 Å². The van der Waals surface area contributed by atoms with Crippen molar-refractivity contribution in [2.24, 2.45) is 5.92 Å². The molecule has 3 aromatic heterocycles. The molecule has 160 valence electrons. The zero-order valence-electron chi connectivity index (χ0n) is 18.8. The van der Waals surface area contributed by atoms with Gasteiger partial charge in [0.15, 0.2) is 5.82 Å². The number of anilines is 1. The fourth-order valence-corrected chi connectivity index (χ4v) is 4.19. The topological polar surface area (TPSA) is 66.8 Å². The van der Waals surface area contributed by atoms with Crippen LogP contribution < -0.4 is 4.90 Å². The molecule has 6 nitrogen and oxygen atoms in total. The van der Waals surface area contributed by atoms with E-state index in [1.165, 1.54) is 0 Å². The van der Waals surface area contributed by atoms with Crippen LogP contribution in [0.3, 0.4) is 0 Å². The molecule has 4 rings (SSSR count). The maximum atomic E-state index is 13.6. The van der Waals surface area contributed by atoms with Crippen molar-refractivity contribution in [2.45, 2.75) is 47.1 Å². The number of benzene rings is 1. The minimum Gasteiger partial charge on any atom is -0.361 e. The van der Waals surface area contributed by atoms with E-state index in [0.29, 0.717) is 17.3 Å². The number of fused-ring (bicyclic) bond motifs is 1. The third-order valence-corrected chi connectivity index (χ3v) is 5.51. The van der Waals surface area contributed by atoms with E-state index in [1.807, 2.05) is 61.3 Å². The van der Waals surface area contributed by atoms with Crippen LogP contribution in [0.2, 0.25) is 0 Å². The van der Waals surface area contributed by atoms with Gasteiger partial charge in [0.2, 0.25) is 0 Å². The summed E-state index contributed by atoms with van der Waals surface area (Å²) in [4.78, 5) is 23.3. The number of pyridine rings is 1. The van der Waals surface area contributed by atoms with Crippen LogP contribution in [0.4, 0.5) is 5.69 Å². The van der Waals surface area contributed by atoms with Gasteiger partial charge in [-0.25, -0.2) is 9.67 Å². The van der Waals surface area contributed by atoms with Crippen molar-refractivity contribution in [1.82, 2.24) is 19.7 Å². The fraction of sp³-hybridized carbons (Fsp3) is 0.320. The Balaban J connectivity index is 1.68. The summed E-state index contributed by atoms with van der Waals surface area (Å²) >= 11 is 0. The molecule has 4 aromatic rings. The molecule has 31 heavy (non-hydrogen) atoms. The Hall–Kier alpha value is -3.41. The van der Waals surface area contributed by atoms with Crippen molar-refractivity contribution >= 4 is 22.5 Å². The third-order valence-electron chi connectivity index (χ3n) is 5.51. The normalized spacial score (nSPS) is 12.5. The molecule has 0 bridgehead atoms. The van der Waals surface area contributed by atoms with E-state index >= 15 is 0 Å². The van der Waals surface area contributed by atoms with Gasteiger partial charge in [-0.1, -0.05) is 13.8 Å². The molecule has 1 N–H and O–H groups in total. The predicted molar refractivity (Wildman–Crippen MR) is 125 cm³/mol. The van der Waals surface area contributed by atoms with Crippen molar-refractivity contribution < 1.29 is 4.79 Å². The van der Waals surface area contributed by atoms with Crippen molar-refractivity contribution in [1.29, 1.82) is 0 Å². The van der Waals surface area contributed by atoms with Crippen LogP contribution in [0.15, 0.2) is 54.9 Å². The lowest BCUT2D eigenvalue weighted by Crippen LogP contribution is -2.39. The summed E-state index contributed by atoms with van der Waals surface area (Å²) in [6.45, 7) is 10.4. The molecular weight excluding hydrogens is 386 g/mol. The van der Waals surface area contributed by atoms with Crippen molar-refractivity contribution in [3.05, 3.63) is 71.8 Å². The smallest absolute Gasteiger partial charge is 0.260 e. The molecule has 1 aromatic carbocycles. The Morgan fingerprint density at radius 2 is 1.90 bits per heavy atom. The summed E-state index contributed by atoms with van der Waals surface area (Å²) in [6.07, 6.45) is 4.48. The molecule has 0 radical (unpaired) electrons. The van der Waals surface area contributed by atoms with Crippen LogP contribution >= 0.6 is 0 Å². The number of nitrogens with one attached hydrogen (secondary N) is 1. The van der Waals surface area contributed by atoms with E-state index in [9.17, 15) is 4.79 Å². The SMILES string of the molecule is Cc1cc(C)n(-c2ccc(C(=O)N(c3ccc4[nH]ccc4c3)C(C)CC(C)C)cn2)n1. The number of rotatable bonds is 6. The summed E-state index contributed by atoms with van der Waals surface area (Å²) in [6, 6.07) is 13.9. The van der Waals surface area contributed by atoms with Gasteiger partial charge in [-0.2, -0.15) is 5.10 Å². The van der Waals surface area contributed by atoms with Gasteiger partial charge in [-0.3, -0.25) is 4.79 Å². The van der Waals surface area contributed by atoms with Gasteiger partial charge in [-0.15, -0.1) is 0 Å². The second kappa shape index (κ2) is 8.38. The van der Waals surface area contributed by atoms with Crippen LogP contribution in [0.25, 0.3) is 16.7 Å². The number of carbonyl (C=O) groups excluding carboxylic acids is 1. The molecule has 0 aliphatic rings. The van der Waals surface area contributed by atoms with Crippen LogP contribution in [0.1, 0.15) is 48.9 Å². The Kier molecular flexibility index (Phi) is 5.63. The molecule has 0 fully saturated rings. The second-order valence-electron chi connectivity index (χ2n) is 8.65. The molecule has 1 amide bonds. The standard InChI is InChI=1S/C25H29N5O/c1-16(2)12-18(4)29(22-7-8-23-20(14-22)10-11-26-23)25(31)21-6-9-24(27-15-21)30-19(5)13-17(3)28-30/h6-11,13-16,18,26H,12H2,1-5H3. The molecule has 3 heterocycles. The Labute approximate surface area is 182 Å². The molecule has 1 atom stereocenters. The summed E-state index contributed by atoms with van der Waals surface area (Å²) in [7, 11) is 0. The predicted octanol–water partition coefficient (Wildman–Crippen LogP) is 5.45. The molecule has 0 saturated carbocycles. The minimum atomic E-state index is -0.0459. The number of hydrogen-bond donors (Lipinski definition) is 1. The van der Waals surface area contributed by atoms with Crippen LogP contribution in [-0.2, 0) is 0 Å². The zero-order valence-corrected chi connectivity index (χ0v) is 18.8. The first-order chi connectivity index (χ1) is 14.8. The lowest BCUT2D eigenvalue weighted by atomic mass is 10.0. The van der Waals surface area contributed by atoms with Gasteiger partial charge in [0, 0.05) is 40.7 Å². The number of aryl methyl sites for hydroxylation is 2. The van der Waals surface area contributed by atoms with Crippen LogP contribution in [0, 0.1) is 19.8 Å². The lowest BCUT2D eigenvalue weighted by molar-refractivity contribution is 0.0975. The first kappa shape index (κ1) is 20.8. The van der Waals surface area contributed by atoms with Gasteiger partial charge in [-0.05, 0) is 75.6 Å². The minimum absolute atomic E-state index is 0.0459. The van der Waals surface area contributed by atoms with Crippen LogP contribution in [0.5, 0.6) is 0 Å². The highest BCUT2D eigenvalue weighted by Gasteiger charge is 2.25. The average Bonchev–Trinajstić information content (AvgIpc) is 3.32. The molecule has 1 unspecified atom stereocenters. The highest BCUT2D eigenvalue weighted by molar-refractivity contribution is 6.07. The molecule has 0 saturated heterocycles. The zero-order chi connectivity index (χ0) is 22.1. The molecular formula is C25H29N5O. The number of aromatic amines is 1. The quantitative estimate of drug-likeness (QED) is 0.455. The lowest BCUT2D eigenvalue weighted by Gasteiger charge is -2.31. The van der Waals surface area contributed by atoms with Crippen molar-refractivity contribution in [3.8, 4) is 5.82 Å². The monoisotopic (exact) mass is 415 g/mol. The largest absolute Gasteiger partial charge is 0.361 e. The van der Waals surface area contributed by atoms with E-state index in [0.717, 1.165) is 34.4 Å². The number of hydrogen-bond acceptors (Lipinski definition) is 3. The molecule has 6 heteroatoms. The van der Waals surface area contributed by atoms with E-state index < -0.39 is 0 Å². The summed E-state index contributed by atoms with van der Waals surface area (Å²) in [5, 5.41) is 5.57. The van der Waals surface area contributed by atoms with Gasteiger partial charge in [0.05, 0.1) is 11.3 Å². The third kappa shape index (κ3) is 4.24. The van der Waals surface area contributed by atoms with Crippen molar-refractivity contribution in [2.75, 3.05) is 4.90 Å². The highest BCUT2D eigenvalue weighted by Crippen LogP contribution is 2.27. The van der Waals surface area contributed by atoms with Crippen LogP contribution in [-0.4, -0.2) is 31.7 Å². The molecule has 0 spiro atoms. The van der Waals surface area contributed by atoms with Gasteiger partial charge in [0.25, 0.3) is 5.91 Å². The number of amides is 1. The Bertz CT molecular complexity index is 1200. The Morgan fingerprint density at radius 3 is 2.55 bits per heavy atom. The molecule has 0 aliphatic heterocycles. The Morgan fingerprint density at radius 1 is 1.10 bits per heavy atom.